The van der Waals surface area contributed by atoms with E-state index in [1.165, 1.54) is 10.5 Å². The fourth-order valence-electron chi connectivity index (χ4n) is 3.11. The molecule has 0 aliphatic carbocycles. The molecule has 7 heteroatoms. The maximum absolute atomic E-state index is 12.6. The summed E-state index contributed by atoms with van der Waals surface area (Å²) in [6, 6.07) is 19.1. The Kier molecular flexibility index (Phi) is 5.66. The molecule has 0 saturated carbocycles. The Labute approximate surface area is 178 Å². The molecule has 2 aromatic heterocycles. The summed E-state index contributed by atoms with van der Waals surface area (Å²) in [5.74, 6) is 0.890. The maximum atomic E-state index is 12.6. The van der Waals surface area contributed by atoms with Gasteiger partial charge in [0, 0.05) is 17.8 Å². The van der Waals surface area contributed by atoms with Crippen LogP contribution in [0.3, 0.4) is 0 Å². The Bertz CT molecular complexity index is 1300. The van der Waals surface area contributed by atoms with Crippen molar-refractivity contribution in [3.63, 3.8) is 0 Å². The molecule has 0 aliphatic rings. The second kappa shape index (κ2) is 8.71. The molecule has 4 aromatic rings. The Morgan fingerprint density at radius 3 is 2.61 bits per heavy atom. The van der Waals surface area contributed by atoms with Gasteiger partial charge < -0.3 is 14.8 Å². The molecule has 0 atom stereocenters. The highest BCUT2D eigenvalue weighted by Gasteiger charge is 2.11. The van der Waals surface area contributed by atoms with Crippen molar-refractivity contribution in [1.82, 2.24) is 9.38 Å². The summed E-state index contributed by atoms with van der Waals surface area (Å²) in [6.07, 6.45) is 1.70. The number of aryl methyl sites for hydroxylation is 1. The quantitative estimate of drug-likeness (QED) is 0.517. The van der Waals surface area contributed by atoms with Crippen LogP contribution >= 0.6 is 0 Å². The first-order valence-electron chi connectivity index (χ1n) is 9.70. The van der Waals surface area contributed by atoms with Gasteiger partial charge in [0.05, 0.1) is 18.5 Å². The maximum Gasteiger partial charge on any atom is 0.258 e. The van der Waals surface area contributed by atoms with Gasteiger partial charge in [-0.2, -0.15) is 0 Å². The zero-order chi connectivity index (χ0) is 21.8. The van der Waals surface area contributed by atoms with E-state index in [1.807, 2.05) is 25.1 Å². The summed E-state index contributed by atoms with van der Waals surface area (Å²) in [5.41, 5.74) is 2.92. The van der Waals surface area contributed by atoms with Gasteiger partial charge >= 0.3 is 0 Å². The van der Waals surface area contributed by atoms with Crippen molar-refractivity contribution in [3.8, 4) is 11.5 Å². The smallest absolute Gasteiger partial charge is 0.258 e. The van der Waals surface area contributed by atoms with E-state index >= 15 is 0 Å². The van der Waals surface area contributed by atoms with Gasteiger partial charge in [0.15, 0.2) is 0 Å². The topological polar surface area (TPSA) is 81.9 Å². The summed E-state index contributed by atoms with van der Waals surface area (Å²) in [5, 5.41) is 2.86. The largest absolute Gasteiger partial charge is 0.497 e. The van der Waals surface area contributed by atoms with E-state index in [0.29, 0.717) is 34.1 Å². The van der Waals surface area contributed by atoms with Gasteiger partial charge in [0.25, 0.3) is 11.5 Å². The number of rotatable bonds is 6. The van der Waals surface area contributed by atoms with Gasteiger partial charge in [-0.05, 0) is 61.0 Å². The van der Waals surface area contributed by atoms with Gasteiger partial charge in [0.1, 0.15) is 23.8 Å². The van der Waals surface area contributed by atoms with Crippen LogP contribution in [0.15, 0.2) is 77.7 Å². The number of fused-ring (bicyclic) bond motifs is 1. The molecule has 1 amide bonds. The highest BCUT2D eigenvalue weighted by Crippen LogP contribution is 2.25. The molecule has 156 valence electrons. The van der Waals surface area contributed by atoms with Gasteiger partial charge in [0.2, 0.25) is 0 Å². The van der Waals surface area contributed by atoms with Crippen LogP contribution in [0.1, 0.15) is 21.6 Å². The molecule has 2 aromatic carbocycles. The van der Waals surface area contributed by atoms with Crippen molar-refractivity contribution in [3.05, 3.63) is 100 Å². The number of ether oxygens (including phenoxy) is 2. The first-order chi connectivity index (χ1) is 15.0. The number of para-hydroxylation sites is 2. The molecule has 31 heavy (non-hydrogen) atoms. The normalized spacial score (nSPS) is 10.6. The fourth-order valence-corrected chi connectivity index (χ4v) is 3.11. The fraction of sp³-hybridized carbons (Fsp3) is 0.125. The highest BCUT2D eigenvalue weighted by atomic mass is 16.5. The average molecular weight is 415 g/mol. The third kappa shape index (κ3) is 4.56. The first-order valence-corrected chi connectivity index (χ1v) is 9.70. The van der Waals surface area contributed by atoms with Crippen LogP contribution in [0.4, 0.5) is 5.69 Å². The minimum absolute atomic E-state index is 0.0924. The van der Waals surface area contributed by atoms with E-state index < -0.39 is 0 Å². The SMILES string of the molecule is COc1ccc(C(=O)Nc2ccccc2OCc2cc(=O)n3ccc(C)cc3n2)cc1. The molecular weight excluding hydrogens is 394 g/mol. The summed E-state index contributed by atoms with van der Waals surface area (Å²) in [6.45, 7) is 2.03. The Morgan fingerprint density at radius 1 is 1.06 bits per heavy atom. The lowest BCUT2D eigenvalue weighted by molar-refractivity contribution is 0.102. The van der Waals surface area contributed by atoms with Gasteiger partial charge in [-0.3, -0.25) is 14.0 Å². The number of hydrogen-bond acceptors (Lipinski definition) is 5. The van der Waals surface area contributed by atoms with Crippen molar-refractivity contribution in [1.29, 1.82) is 0 Å². The van der Waals surface area contributed by atoms with Crippen LogP contribution in [0.5, 0.6) is 11.5 Å². The van der Waals surface area contributed by atoms with E-state index in [4.69, 9.17) is 9.47 Å². The monoisotopic (exact) mass is 415 g/mol. The lowest BCUT2D eigenvalue weighted by Crippen LogP contribution is -2.16. The van der Waals surface area contributed by atoms with E-state index in [1.54, 1.807) is 55.8 Å². The molecule has 0 spiro atoms. The summed E-state index contributed by atoms with van der Waals surface area (Å²) in [4.78, 5) is 29.4. The number of pyridine rings is 1. The first kappa shape index (κ1) is 20.2. The van der Waals surface area contributed by atoms with Gasteiger partial charge in [-0.1, -0.05) is 12.1 Å². The second-order valence-corrected chi connectivity index (χ2v) is 6.99. The van der Waals surface area contributed by atoms with Crippen molar-refractivity contribution >= 4 is 17.2 Å². The molecule has 0 unspecified atom stereocenters. The predicted molar refractivity (Wildman–Crippen MR) is 118 cm³/mol. The van der Waals surface area contributed by atoms with Crippen LogP contribution in [-0.4, -0.2) is 22.4 Å². The number of aromatic nitrogens is 2. The number of anilines is 1. The number of benzene rings is 2. The molecule has 0 fully saturated rings. The van der Waals surface area contributed by atoms with Crippen LogP contribution in [0.2, 0.25) is 0 Å². The highest BCUT2D eigenvalue weighted by molar-refractivity contribution is 6.05. The molecule has 1 N–H and O–H groups in total. The Balaban J connectivity index is 1.52. The molecule has 0 saturated heterocycles. The number of methoxy groups -OCH3 is 1. The molecule has 4 rings (SSSR count). The molecule has 0 bridgehead atoms. The number of nitrogens with zero attached hydrogens (tertiary/aromatic N) is 2. The molecule has 0 radical (unpaired) electrons. The van der Waals surface area contributed by atoms with Crippen molar-refractivity contribution in [2.75, 3.05) is 12.4 Å². The molecule has 2 heterocycles. The van der Waals surface area contributed by atoms with Crippen LogP contribution in [0, 0.1) is 6.92 Å². The van der Waals surface area contributed by atoms with Gasteiger partial charge in [-0.15, -0.1) is 0 Å². The molecular formula is C24H21N3O4. The van der Waals surface area contributed by atoms with Gasteiger partial charge in [-0.25, -0.2) is 4.98 Å². The van der Waals surface area contributed by atoms with Crippen LogP contribution in [-0.2, 0) is 6.61 Å². The third-order valence-electron chi connectivity index (χ3n) is 4.74. The zero-order valence-electron chi connectivity index (χ0n) is 17.2. The lowest BCUT2D eigenvalue weighted by Gasteiger charge is -2.13. The average Bonchev–Trinajstić information content (AvgIpc) is 2.78. The van der Waals surface area contributed by atoms with E-state index in [0.717, 1.165) is 5.56 Å². The summed E-state index contributed by atoms with van der Waals surface area (Å²) < 4.78 is 12.5. The van der Waals surface area contributed by atoms with Crippen molar-refractivity contribution in [2.24, 2.45) is 0 Å². The van der Waals surface area contributed by atoms with E-state index in [-0.39, 0.29) is 18.1 Å². The number of carbonyl (C=O) groups excluding carboxylic acids is 1. The molecule has 7 nitrogen and oxygen atoms in total. The molecule has 0 aliphatic heterocycles. The number of nitrogens with one attached hydrogen (secondary N) is 1. The summed E-state index contributed by atoms with van der Waals surface area (Å²) in [7, 11) is 1.57. The van der Waals surface area contributed by atoms with Crippen LogP contribution < -0.4 is 20.3 Å². The van der Waals surface area contributed by atoms with Crippen molar-refractivity contribution in [2.45, 2.75) is 13.5 Å². The van der Waals surface area contributed by atoms with Crippen LogP contribution in [0.25, 0.3) is 5.65 Å². The third-order valence-corrected chi connectivity index (χ3v) is 4.74. The summed E-state index contributed by atoms with van der Waals surface area (Å²) >= 11 is 0. The standard InChI is InChI=1S/C24H21N3O4/c1-16-11-12-27-22(13-16)25-18(14-23(27)28)15-31-21-6-4-3-5-20(21)26-24(29)17-7-9-19(30-2)10-8-17/h3-14H,15H2,1-2H3,(H,26,29). The minimum atomic E-state index is -0.267. The van der Waals surface area contributed by atoms with E-state index in [9.17, 15) is 9.59 Å². The Hall–Kier alpha value is -4.13. The zero-order valence-corrected chi connectivity index (χ0v) is 17.2. The number of hydrogen-bond donors (Lipinski definition) is 1. The predicted octanol–water partition coefficient (Wildman–Crippen LogP) is 3.84. The lowest BCUT2D eigenvalue weighted by atomic mass is 10.2. The number of amides is 1. The minimum Gasteiger partial charge on any atom is -0.497 e. The van der Waals surface area contributed by atoms with Crippen molar-refractivity contribution < 1.29 is 14.3 Å². The van der Waals surface area contributed by atoms with E-state index in [2.05, 4.69) is 10.3 Å². The second-order valence-electron chi connectivity index (χ2n) is 6.99. The number of carbonyl (C=O) groups is 1. The Morgan fingerprint density at radius 2 is 1.84 bits per heavy atom.